The summed E-state index contributed by atoms with van der Waals surface area (Å²) in [6, 6.07) is 15.4. The van der Waals surface area contributed by atoms with Gasteiger partial charge in [-0.1, -0.05) is 0 Å². The van der Waals surface area contributed by atoms with Crippen LogP contribution < -0.4 is 9.47 Å². The van der Waals surface area contributed by atoms with Gasteiger partial charge < -0.3 is 9.47 Å². The number of hydrogen-bond donors (Lipinski definition) is 0. The van der Waals surface area contributed by atoms with Crippen molar-refractivity contribution in [3.8, 4) is 33.2 Å². The number of carbonyl (C=O) groups is 1. The molecular formula is C18H15NO3S. The summed E-state index contributed by atoms with van der Waals surface area (Å²) in [4.78, 5) is 16.6. The Balaban J connectivity index is 2.08. The van der Waals surface area contributed by atoms with Crippen LogP contribution in [0, 0.1) is 0 Å². The van der Waals surface area contributed by atoms with E-state index in [1.54, 1.807) is 14.2 Å². The molecule has 2 aromatic carbocycles. The van der Waals surface area contributed by atoms with Crippen LogP contribution >= 0.6 is 11.3 Å². The number of ether oxygens (including phenoxy) is 2. The first-order valence-electron chi connectivity index (χ1n) is 7.00. The number of aromatic nitrogens is 1. The van der Waals surface area contributed by atoms with Crippen molar-refractivity contribution in [2.45, 2.75) is 0 Å². The quantitative estimate of drug-likeness (QED) is 0.656. The molecule has 0 aliphatic carbocycles. The molecule has 0 saturated heterocycles. The highest BCUT2D eigenvalue weighted by Crippen LogP contribution is 2.37. The van der Waals surface area contributed by atoms with Crippen molar-refractivity contribution < 1.29 is 14.3 Å². The Hall–Kier alpha value is -2.66. The van der Waals surface area contributed by atoms with Gasteiger partial charge in [-0.25, -0.2) is 4.98 Å². The van der Waals surface area contributed by atoms with E-state index in [0.717, 1.165) is 39.5 Å². The van der Waals surface area contributed by atoms with E-state index >= 15 is 0 Å². The average Bonchev–Trinajstić information content (AvgIpc) is 3.06. The number of aldehydes is 1. The van der Waals surface area contributed by atoms with Crippen LogP contribution in [0.4, 0.5) is 0 Å². The maximum Gasteiger partial charge on any atom is 0.178 e. The lowest BCUT2D eigenvalue weighted by Crippen LogP contribution is -1.86. The van der Waals surface area contributed by atoms with Crippen LogP contribution in [0.3, 0.4) is 0 Å². The predicted octanol–water partition coefficient (Wildman–Crippen LogP) is 4.31. The molecule has 0 radical (unpaired) electrons. The molecule has 0 amide bonds. The molecule has 0 atom stereocenters. The molecule has 23 heavy (non-hydrogen) atoms. The van der Waals surface area contributed by atoms with Crippen LogP contribution in [0.2, 0.25) is 0 Å². The predicted molar refractivity (Wildman–Crippen MR) is 91.5 cm³/mol. The normalized spacial score (nSPS) is 10.3. The average molecular weight is 325 g/mol. The molecule has 1 aromatic heterocycles. The maximum atomic E-state index is 11.1. The summed E-state index contributed by atoms with van der Waals surface area (Å²) in [5.41, 5.74) is 2.74. The van der Waals surface area contributed by atoms with E-state index in [0.29, 0.717) is 5.01 Å². The minimum Gasteiger partial charge on any atom is -0.497 e. The van der Waals surface area contributed by atoms with E-state index in [4.69, 9.17) is 9.47 Å². The molecule has 0 unspecified atom stereocenters. The zero-order chi connectivity index (χ0) is 16.2. The minimum absolute atomic E-state index is 0.460. The van der Waals surface area contributed by atoms with E-state index < -0.39 is 0 Å². The molecule has 0 aliphatic rings. The van der Waals surface area contributed by atoms with E-state index in [-0.39, 0.29) is 0 Å². The highest BCUT2D eigenvalue weighted by atomic mass is 32.1. The highest BCUT2D eigenvalue weighted by molar-refractivity contribution is 7.17. The van der Waals surface area contributed by atoms with Crippen molar-refractivity contribution in [1.29, 1.82) is 0 Å². The Morgan fingerprint density at radius 3 is 1.87 bits per heavy atom. The summed E-state index contributed by atoms with van der Waals surface area (Å²) in [5, 5.41) is 0.460. The fourth-order valence-corrected chi connectivity index (χ4v) is 3.18. The molecule has 0 aliphatic heterocycles. The monoisotopic (exact) mass is 325 g/mol. The van der Waals surface area contributed by atoms with E-state index in [1.165, 1.54) is 11.3 Å². The number of nitrogens with zero attached hydrogens (tertiary/aromatic N) is 1. The summed E-state index contributed by atoms with van der Waals surface area (Å²) in [6.45, 7) is 0. The third-order valence-corrected chi connectivity index (χ3v) is 4.49. The number of thiazole rings is 1. The van der Waals surface area contributed by atoms with Gasteiger partial charge in [0, 0.05) is 5.56 Å². The van der Waals surface area contributed by atoms with Crippen molar-refractivity contribution in [2.24, 2.45) is 0 Å². The molecule has 1 heterocycles. The Labute approximate surface area is 138 Å². The lowest BCUT2D eigenvalue weighted by molar-refractivity contribution is 0.112. The van der Waals surface area contributed by atoms with Crippen molar-refractivity contribution in [3.05, 3.63) is 53.5 Å². The van der Waals surface area contributed by atoms with Crippen LogP contribution in [0.1, 0.15) is 9.80 Å². The van der Waals surface area contributed by atoms with Crippen LogP contribution in [-0.4, -0.2) is 25.5 Å². The number of methoxy groups -OCH3 is 2. The summed E-state index contributed by atoms with van der Waals surface area (Å²) in [6.07, 6.45) is 0.782. The molecule has 0 fully saturated rings. The van der Waals surface area contributed by atoms with Gasteiger partial charge in [-0.3, -0.25) is 4.79 Å². The molecule has 0 bridgehead atoms. The molecular weight excluding hydrogens is 310 g/mol. The Kier molecular flexibility index (Phi) is 4.39. The van der Waals surface area contributed by atoms with Gasteiger partial charge in [0.1, 0.15) is 11.5 Å². The first kappa shape index (κ1) is 15.2. The van der Waals surface area contributed by atoms with Gasteiger partial charge in [-0.2, -0.15) is 0 Å². The largest absolute Gasteiger partial charge is 0.497 e. The molecule has 116 valence electrons. The lowest BCUT2D eigenvalue weighted by Gasteiger charge is -2.05. The van der Waals surface area contributed by atoms with Crippen LogP contribution in [0.15, 0.2) is 48.5 Å². The zero-order valence-corrected chi connectivity index (χ0v) is 13.6. The Morgan fingerprint density at radius 2 is 1.39 bits per heavy atom. The minimum atomic E-state index is 0.460. The molecule has 5 heteroatoms. The molecule has 0 saturated carbocycles. The molecule has 0 spiro atoms. The lowest BCUT2D eigenvalue weighted by atomic mass is 10.1. The van der Waals surface area contributed by atoms with Gasteiger partial charge in [0.2, 0.25) is 0 Å². The van der Waals surface area contributed by atoms with Gasteiger partial charge in [-0.05, 0) is 54.1 Å². The summed E-state index contributed by atoms with van der Waals surface area (Å²) >= 11 is 1.38. The second kappa shape index (κ2) is 6.62. The number of carbonyl (C=O) groups excluding carboxylic acids is 1. The van der Waals surface area contributed by atoms with Crippen molar-refractivity contribution >= 4 is 17.6 Å². The third-order valence-electron chi connectivity index (χ3n) is 3.46. The highest BCUT2D eigenvalue weighted by Gasteiger charge is 2.15. The summed E-state index contributed by atoms with van der Waals surface area (Å²) in [7, 11) is 3.26. The number of hydrogen-bond acceptors (Lipinski definition) is 5. The standard InChI is InChI=1S/C18H15NO3S/c1-21-14-7-3-12(4-8-14)17-18(23-16(11-20)19-17)13-5-9-15(22-2)10-6-13/h3-11H,1-2H3. The number of rotatable bonds is 5. The number of benzene rings is 2. The molecule has 0 N–H and O–H groups in total. The molecule has 4 nitrogen and oxygen atoms in total. The fourth-order valence-electron chi connectivity index (χ4n) is 2.27. The first-order chi connectivity index (χ1) is 11.2. The van der Waals surface area contributed by atoms with Crippen molar-refractivity contribution in [2.75, 3.05) is 14.2 Å². The second-order valence-electron chi connectivity index (χ2n) is 4.80. The van der Waals surface area contributed by atoms with Crippen LogP contribution in [0.25, 0.3) is 21.7 Å². The Morgan fingerprint density at radius 1 is 0.870 bits per heavy atom. The topological polar surface area (TPSA) is 48.4 Å². The van der Waals surface area contributed by atoms with E-state index in [2.05, 4.69) is 4.98 Å². The van der Waals surface area contributed by atoms with Gasteiger partial charge in [-0.15, -0.1) is 11.3 Å². The van der Waals surface area contributed by atoms with Crippen molar-refractivity contribution in [1.82, 2.24) is 4.98 Å². The molecule has 3 aromatic rings. The van der Waals surface area contributed by atoms with E-state index in [1.807, 2.05) is 48.5 Å². The smallest absolute Gasteiger partial charge is 0.178 e. The van der Waals surface area contributed by atoms with Crippen molar-refractivity contribution in [3.63, 3.8) is 0 Å². The van der Waals surface area contributed by atoms with Gasteiger partial charge in [0.05, 0.1) is 24.8 Å². The van der Waals surface area contributed by atoms with Gasteiger partial charge >= 0.3 is 0 Å². The van der Waals surface area contributed by atoms with E-state index in [9.17, 15) is 4.79 Å². The van der Waals surface area contributed by atoms with Crippen LogP contribution in [0.5, 0.6) is 11.5 Å². The summed E-state index contributed by atoms with van der Waals surface area (Å²) in [5.74, 6) is 1.57. The molecule has 3 rings (SSSR count). The zero-order valence-electron chi connectivity index (χ0n) is 12.8. The first-order valence-corrected chi connectivity index (χ1v) is 7.81. The van der Waals surface area contributed by atoms with Gasteiger partial charge in [0.15, 0.2) is 11.3 Å². The third kappa shape index (κ3) is 3.10. The maximum absolute atomic E-state index is 11.1. The SMILES string of the molecule is COc1ccc(-c2nc(C=O)sc2-c2ccc(OC)cc2)cc1. The Bertz CT molecular complexity index is 742. The van der Waals surface area contributed by atoms with Crippen LogP contribution in [-0.2, 0) is 0 Å². The second-order valence-corrected chi connectivity index (χ2v) is 5.84. The van der Waals surface area contributed by atoms with Gasteiger partial charge in [0.25, 0.3) is 0 Å². The summed E-state index contributed by atoms with van der Waals surface area (Å²) < 4.78 is 10.4. The fraction of sp³-hybridized carbons (Fsp3) is 0.111.